The molecule has 1 aliphatic rings. The number of Topliss-reactive ketones (excluding diaryl/α,β-unsaturated/α-hetero) is 1. The van der Waals surface area contributed by atoms with Crippen molar-refractivity contribution in [1.82, 2.24) is 0 Å². The lowest BCUT2D eigenvalue weighted by Gasteiger charge is -2.22. The molecule has 0 heterocycles. The molecular weight excluding hydrogens is 356 g/mol. The van der Waals surface area contributed by atoms with Crippen LogP contribution in [0.4, 0.5) is 0 Å². The van der Waals surface area contributed by atoms with E-state index in [4.69, 9.17) is 14.2 Å². The molecule has 1 fully saturated rings. The Balaban J connectivity index is 1.60. The van der Waals surface area contributed by atoms with Gasteiger partial charge in [0.2, 0.25) is 0 Å². The van der Waals surface area contributed by atoms with Crippen LogP contribution in [0.3, 0.4) is 0 Å². The maximum absolute atomic E-state index is 12.4. The second-order valence-electron chi connectivity index (χ2n) is 7.02. The minimum atomic E-state index is -0.605. The first-order valence-electron chi connectivity index (χ1n) is 9.64. The zero-order valence-electron chi connectivity index (χ0n) is 16.4. The van der Waals surface area contributed by atoms with E-state index in [1.807, 2.05) is 24.3 Å². The van der Waals surface area contributed by atoms with E-state index in [1.54, 1.807) is 18.2 Å². The molecule has 0 atom stereocenters. The molecule has 5 heteroatoms. The summed E-state index contributed by atoms with van der Waals surface area (Å²) in [6, 6.07) is 12.5. The van der Waals surface area contributed by atoms with Gasteiger partial charge in [-0.05, 0) is 36.5 Å². The predicted octanol–water partition coefficient (Wildman–Crippen LogP) is 4.79. The summed E-state index contributed by atoms with van der Waals surface area (Å²) >= 11 is 0. The van der Waals surface area contributed by atoms with E-state index in [0.717, 1.165) is 0 Å². The maximum atomic E-state index is 12.4. The normalized spacial score (nSPS) is 14.4. The Bertz CT molecular complexity index is 819. The third kappa shape index (κ3) is 4.71. The van der Waals surface area contributed by atoms with E-state index < -0.39 is 5.97 Å². The van der Waals surface area contributed by atoms with E-state index in [-0.39, 0.29) is 18.0 Å². The molecule has 0 amide bonds. The quantitative estimate of drug-likeness (QED) is 0.509. The number of esters is 1. The maximum Gasteiger partial charge on any atom is 0.342 e. The summed E-state index contributed by atoms with van der Waals surface area (Å²) in [6.45, 7) is -0.309. The van der Waals surface area contributed by atoms with Crippen LogP contribution in [0.5, 0.6) is 11.5 Å². The lowest BCUT2D eigenvalue weighted by atomic mass is 9.84. The Morgan fingerprint density at radius 1 is 0.929 bits per heavy atom. The van der Waals surface area contributed by atoms with Crippen molar-refractivity contribution in [3.05, 3.63) is 59.2 Å². The zero-order valence-corrected chi connectivity index (χ0v) is 16.4. The Hall–Kier alpha value is -2.82. The monoisotopic (exact) mass is 382 g/mol. The Morgan fingerprint density at radius 3 is 2.29 bits per heavy atom. The molecule has 0 radical (unpaired) electrons. The summed E-state index contributed by atoms with van der Waals surface area (Å²) in [5, 5.41) is 0. The van der Waals surface area contributed by atoms with Gasteiger partial charge in [-0.1, -0.05) is 43.5 Å². The Kier molecular flexibility index (Phi) is 6.69. The molecule has 0 bridgehead atoms. The van der Waals surface area contributed by atoms with Crippen molar-refractivity contribution in [3.63, 3.8) is 0 Å². The topological polar surface area (TPSA) is 61.8 Å². The van der Waals surface area contributed by atoms with Crippen molar-refractivity contribution in [1.29, 1.82) is 0 Å². The molecule has 5 nitrogen and oxygen atoms in total. The molecule has 1 aliphatic carbocycles. The molecule has 148 valence electrons. The van der Waals surface area contributed by atoms with Crippen LogP contribution in [-0.4, -0.2) is 32.6 Å². The average Bonchev–Trinajstić information content (AvgIpc) is 2.77. The highest BCUT2D eigenvalue weighted by atomic mass is 16.5. The lowest BCUT2D eigenvalue weighted by Crippen LogP contribution is -2.15. The van der Waals surface area contributed by atoms with Gasteiger partial charge in [0.25, 0.3) is 0 Å². The summed E-state index contributed by atoms with van der Waals surface area (Å²) < 4.78 is 15.5. The van der Waals surface area contributed by atoms with Crippen molar-refractivity contribution in [2.24, 2.45) is 0 Å². The largest absolute Gasteiger partial charge is 0.497 e. The van der Waals surface area contributed by atoms with E-state index in [2.05, 4.69) is 0 Å². The van der Waals surface area contributed by atoms with Crippen LogP contribution >= 0.6 is 0 Å². The molecule has 0 aromatic heterocycles. The highest BCUT2D eigenvalue weighted by Crippen LogP contribution is 2.32. The SMILES string of the molecule is COc1ccc(C(=O)OCC(=O)c2ccc(C3CCCCC3)cc2)c(OC)c1. The fraction of sp³-hybridized carbons (Fsp3) is 0.391. The smallest absolute Gasteiger partial charge is 0.342 e. The first kappa shape index (κ1) is 19.9. The summed E-state index contributed by atoms with van der Waals surface area (Å²) in [6.07, 6.45) is 6.30. The predicted molar refractivity (Wildman–Crippen MR) is 106 cm³/mol. The van der Waals surface area contributed by atoms with E-state index in [1.165, 1.54) is 51.9 Å². The first-order valence-corrected chi connectivity index (χ1v) is 9.64. The van der Waals surface area contributed by atoms with Crippen LogP contribution in [0.15, 0.2) is 42.5 Å². The van der Waals surface area contributed by atoms with Crippen molar-refractivity contribution >= 4 is 11.8 Å². The molecule has 2 aromatic carbocycles. The number of benzene rings is 2. The summed E-state index contributed by atoms with van der Waals surface area (Å²) in [5.41, 5.74) is 2.09. The van der Waals surface area contributed by atoms with Crippen molar-refractivity contribution in [3.8, 4) is 11.5 Å². The van der Waals surface area contributed by atoms with Crippen molar-refractivity contribution < 1.29 is 23.8 Å². The molecule has 3 rings (SSSR count). The summed E-state index contributed by atoms with van der Waals surface area (Å²) in [7, 11) is 3.00. The van der Waals surface area contributed by atoms with Gasteiger partial charge >= 0.3 is 5.97 Å². The van der Waals surface area contributed by atoms with Crippen molar-refractivity contribution in [2.75, 3.05) is 20.8 Å². The fourth-order valence-electron chi connectivity index (χ4n) is 3.64. The third-order valence-corrected chi connectivity index (χ3v) is 5.27. The molecule has 0 N–H and O–H groups in total. The molecule has 2 aromatic rings. The standard InChI is InChI=1S/C23H26O5/c1-26-19-12-13-20(22(14-19)27-2)23(25)28-15-21(24)18-10-8-17(9-11-18)16-6-4-3-5-7-16/h8-14,16H,3-7,15H2,1-2H3. The van der Waals surface area contributed by atoms with E-state index in [9.17, 15) is 9.59 Å². The van der Waals surface area contributed by atoms with E-state index >= 15 is 0 Å². The average molecular weight is 382 g/mol. The van der Waals surface area contributed by atoms with Crippen LogP contribution in [0.2, 0.25) is 0 Å². The second-order valence-corrected chi connectivity index (χ2v) is 7.02. The number of methoxy groups -OCH3 is 2. The fourth-order valence-corrected chi connectivity index (χ4v) is 3.64. The van der Waals surface area contributed by atoms with Crippen molar-refractivity contribution in [2.45, 2.75) is 38.0 Å². The Morgan fingerprint density at radius 2 is 1.64 bits per heavy atom. The highest BCUT2D eigenvalue weighted by molar-refractivity contribution is 6.00. The molecule has 0 saturated heterocycles. The molecule has 0 aliphatic heterocycles. The van der Waals surface area contributed by atoms with Gasteiger partial charge < -0.3 is 14.2 Å². The first-order chi connectivity index (χ1) is 13.6. The van der Waals surface area contributed by atoms with Crippen LogP contribution in [-0.2, 0) is 4.74 Å². The molecule has 0 spiro atoms. The van der Waals surface area contributed by atoms with Gasteiger partial charge in [0.15, 0.2) is 12.4 Å². The number of ketones is 1. The minimum absolute atomic E-state index is 0.226. The van der Waals surface area contributed by atoms with Crippen LogP contribution in [0.1, 0.15) is 64.3 Å². The third-order valence-electron chi connectivity index (χ3n) is 5.27. The lowest BCUT2D eigenvalue weighted by molar-refractivity contribution is 0.0471. The van der Waals surface area contributed by atoms with Gasteiger partial charge in [-0.15, -0.1) is 0 Å². The number of hydrogen-bond donors (Lipinski definition) is 0. The zero-order chi connectivity index (χ0) is 19.9. The Labute approximate surface area is 165 Å². The second kappa shape index (κ2) is 9.40. The van der Waals surface area contributed by atoms with Gasteiger partial charge in [-0.2, -0.15) is 0 Å². The number of carbonyl (C=O) groups is 2. The van der Waals surface area contributed by atoms with Gasteiger partial charge in [-0.3, -0.25) is 4.79 Å². The van der Waals surface area contributed by atoms with Gasteiger partial charge in [-0.25, -0.2) is 4.79 Å². The molecular formula is C23H26O5. The van der Waals surface area contributed by atoms with Crippen LogP contribution < -0.4 is 9.47 Å². The number of ether oxygens (including phenoxy) is 3. The van der Waals surface area contributed by atoms with Gasteiger partial charge in [0.1, 0.15) is 17.1 Å². The summed E-state index contributed by atoms with van der Waals surface area (Å²) in [5.74, 6) is 0.678. The molecule has 1 saturated carbocycles. The summed E-state index contributed by atoms with van der Waals surface area (Å²) in [4.78, 5) is 24.7. The van der Waals surface area contributed by atoms with E-state index in [0.29, 0.717) is 23.0 Å². The number of rotatable bonds is 7. The minimum Gasteiger partial charge on any atom is -0.497 e. The number of carbonyl (C=O) groups excluding carboxylic acids is 2. The van der Waals surface area contributed by atoms with Gasteiger partial charge in [0, 0.05) is 11.6 Å². The highest BCUT2D eigenvalue weighted by Gasteiger charge is 2.18. The van der Waals surface area contributed by atoms with Crippen LogP contribution in [0, 0.1) is 0 Å². The van der Waals surface area contributed by atoms with Crippen LogP contribution in [0.25, 0.3) is 0 Å². The molecule has 0 unspecified atom stereocenters. The molecule has 28 heavy (non-hydrogen) atoms. The van der Waals surface area contributed by atoms with Gasteiger partial charge in [0.05, 0.1) is 14.2 Å². The number of hydrogen-bond acceptors (Lipinski definition) is 5.